The van der Waals surface area contributed by atoms with E-state index < -0.39 is 0 Å². The van der Waals surface area contributed by atoms with Crippen molar-refractivity contribution in [2.45, 2.75) is 0 Å². The van der Waals surface area contributed by atoms with Gasteiger partial charge >= 0.3 is 57.8 Å². The summed E-state index contributed by atoms with van der Waals surface area (Å²) in [5.41, 5.74) is 0. The first-order valence-electron chi connectivity index (χ1n) is 0.400. The van der Waals surface area contributed by atoms with Crippen LogP contribution in [0.3, 0.4) is 0 Å². The van der Waals surface area contributed by atoms with Crippen molar-refractivity contribution >= 4 is 29.6 Å². The van der Waals surface area contributed by atoms with E-state index in [2.05, 4.69) is 0 Å². The molecule has 0 saturated heterocycles. The third-order valence-electron chi connectivity index (χ3n) is 0. The fraction of sp³-hybridized carbons (Fsp3) is 0. The van der Waals surface area contributed by atoms with Gasteiger partial charge in [-0.25, -0.2) is 0 Å². The molecule has 0 amide bonds. The van der Waals surface area contributed by atoms with E-state index in [1.807, 2.05) is 18.3 Å². The molecular weight excluding hydrogens is 150 g/mol. The Morgan fingerprint density at radius 1 is 1.75 bits per heavy atom. The van der Waals surface area contributed by atoms with E-state index in [0.29, 0.717) is 0 Å². The molecule has 19 valence electrons. The van der Waals surface area contributed by atoms with Crippen molar-refractivity contribution in [2.75, 3.05) is 0 Å². The van der Waals surface area contributed by atoms with Crippen LogP contribution in [0.4, 0.5) is 0 Å². The molecule has 0 rings (SSSR count). The fourth-order valence-electron chi connectivity index (χ4n) is 0. The summed E-state index contributed by atoms with van der Waals surface area (Å²) in [5.74, 6) is 0. The molecule has 0 aromatic heterocycles. The maximum absolute atomic E-state index is 7.29. The number of nitriles is 1. The first-order valence-corrected chi connectivity index (χ1v) is 1.27. The van der Waals surface area contributed by atoms with Crippen molar-refractivity contribution in [1.29, 1.82) is 5.26 Å². The first-order chi connectivity index (χ1) is 1.41. The van der Waals surface area contributed by atoms with Gasteiger partial charge in [-0.3, -0.25) is 0 Å². The van der Waals surface area contributed by atoms with Gasteiger partial charge in [0.15, 0.2) is 0 Å². The first kappa shape index (κ1) is 8.93. The molecule has 4 heavy (non-hydrogen) atoms. The molecule has 0 spiro atoms. The topological polar surface area (TPSA) is 23.8 Å². The van der Waals surface area contributed by atoms with Crippen LogP contribution in [0.1, 0.15) is 0 Å². The molecule has 0 aliphatic carbocycles. The summed E-state index contributed by atoms with van der Waals surface area (Å²) < 4.78 is 1.68. The van der Waals surface area contributed by atoms with Gasteiger partial charge in [-0.2, -0.15) is 0 Å². The van der Waals surface area contributed by atoms with Crippen LogP contribution in [0.5, 0.6) is 0 Å². The van der Waals surface area contributed by atoms with Gasteiger partial charge in [0.2, 0.25) is 0 Å². The Balaban J connectivity index is 0. The van der Waals surface area contributed by atoms with E-state index in [-0.39, 0.29) is 29.6 Å². The second-order valence-electron chi connectivity index (χ2n) is 0.0791. The molecule has 0 fully saturated rings. The van der Waals surface area contributed by atoms with E-state index in [9.17, 15) is 0 Å². The van der Waals surface area contributed by atoms with Crippen LogP contribution in [0.2, 0.25) is 0 Å². The van der Waals surface area contributed by atoms with Crippen molar-refractivity contribution in [1.82, 2.24) is 0 Å². The predicted octanol–water partition coefficient (Wildman–Crippen LogP) is -0.634. The van der Waals surface area contributed by atoms with Gasteiger partial charge in [-0.15, -0.1) is 0 Å². The Morgan fingerprint density at radius 3 is 1.75 bits per heavy atom. The number of rotatable bonds is 0. The molecule has 0 saturated carbocycles. The molecule has 0 aromatic rings. The zero-order valence-electron chi connectivity index (χ0n) is 1.30. The van der Waals surface area contributed by atoms with E-state index in [0.717, 1.165) is 0 Å². The quantitative estimate of drug-likeness (QED) is 0.423. The van der Waals surface area contributed by atoms with Gasteiger partial charge in [0, 0.05) is 0 Å². The second kappa shape index (κ2) is 8.93. The zero-order valence-corrected chi connectivity index (χ0v) is 3.04. The van der Waals surface area contributed by atoms with Gasteiger partial charge in [-0.1, -0.05) is 0 Å². The van der Waals surface area contributed by atoms with Gasteiger partial charge in [0.1, 0.15) is 0 Å². The average molecular weight is 151 g/mol. The van der Waals surface area contributed by atoms with E-state index in [1.165, 1.54) is 0 Å². The third kappa shape index (κ3) is 11.2. The summed E-state index contributed by atoms with van der Waals surface area (Å²) in [6.07, 6.45) is 0. The van der Waals surface area contributed by atoms with E-state index in [1.54, 1.807) is 4.66 Å². The number of hydrogen-bond acceptors (Lipinski definition) is 1. The minimum absolute atomic E-state index is 0. The summed E-state index contributed by atoms with van der Waals surface area (Å²) >= 11 is 1.81. The minimum atomic E-state index is 0. The molecule has 1 nitrogen and oxygen atoms in total. The summed E-state index contributed by atoms with van der Waals surface area (Å²) in [6, 6.07) is 0. The SMILES string of the molecule is N#[C][Ru].[NaH]. The van der Waals surface area contributed by atoms with Crippen molar-refractivity contribution in [3.63, 3.8) is 0 Å². The Kier molecular flexibility index (Phi) is 19.9. The van der Waals surface area contributed by atoms with Crippen LogP contribution in [0.25, 0.3) is 0 Å². The van der Waals surface area contributed by atoms with Crippen LogP contribution in [-0.4, -0.2) is 29.6 Å². The maximum atomic E-state index is 7.29. The molecule has 0 bridgehead atoms. The van der Waals surface area contributed by atoms with Crippen molar-refractivity contribution in [3.8, 4) is 4.66 Å². The van der Waals surface area contributed by atoms with Gasteiger partial charge in [-0.05, 0) is 0 Å². The Labute approximate surface area is 57.3 Å². The number of nitrogens with zero attached hydrogens (tertiary/aromatic N) is 1. The number of hydrogen-bond donors (Lipinski definition) is 0. The monoisotopic (exact) mass is 152 g/mol. The van der Waals surface area contributed by atoms with Gasteiger partial charge < -0.3 is 0 Å². The van der Waals surface area contributed by atoms with Crippen LogP contribution >= 0.6 is 0 Å². The average Bonchev–Trinajstić information content (AvgIpc) is 0.918. The fourth-order valence-corrected chi connectivity index (χ4v) is 0. The molecule has 0 atom stereocenters. The van der Waals surface area contributed by atoms with Crippen LogP contribution in [0.15, 0.2) is 0 Å². The molecule has 0 aliphatic heterocycles. The summed E-state index contributed by atoms with van der Waals surface area (Å²) in [7, 11) is 0. The molecule has 3 heteroatoms. The van der Waals surface area contributed by atoms with E-state index in [4.69, 9.17) is 5.26 Å². The second-order valence-corrected chi connectivity index (χ2v) is 0.468. The van der Waals surface area contributed by atoms with Crippen molar-refractivity contribution < 1.29 is 18.3 Å². The van der Waals surface area contributed by atoms with Crippen LogP contribution in [0, 0.1) is 9.93 Å². The van der Waals surface area contributed by atoms with Crippen LogP contribution in [-0.2, 0) is 18.3 Å². The third-order valence-corrected chi connectivity index (χ3v) is 0. The summed E-state index contributed by atoms with van der Waals surface area (Å²) in [5, 5.41) is 7.29. The normalized spacial score (nSPS) is 2.00. The van der Waals surface area contributed by atoms with Gasteiger partial charge in [0.25, 0.3) is 0 Å². The molecule has 0 aromatic carbocycles. The molecule has 0 aliphatic rings. The molecule has 0 heterocycles. The van der Waals surface area contributed by atoms with Crippen molar-refractivity contribution in [3.05, 3.63) is 0 Å². The van der Waals surface area contributed by atoms with Gasteiger partial charge in [0.05, 0.1) is 0 Å². The molecule has 0 unspecified atom stereocenters. The summed E-state index contributed by atoms with van der Waals surface area (Å²) in [6.45, 7) is 0. The Bertz CT molecular complexity index is 29.5. The predicted molar refractivity (Wildman–Crippen MR) is 12.8 cm³/mol. The van der Waals surface area contributed by atoms with Crippen molar-refractivity contribution in [2.24, 2.45) is 0 Å². The molecule has 0 radical (unpaired) electrons. The van der Waals surface area contributed by atoms with E-state index >= 15 is 0 Å². The standard InChI is InChI=1S/CN.Na.Ru.H/c1-2;;;. The Morgan fingerprint density at radius 2 is 1.75 bits per heavy atom. The summed E-state index contributed by atoms with van der Waals surface area (Å²) in [4.78, 5) is 0. The zero-order chi connectivity index (χ0) is 2.71. The Hall–Kier alpha value is 1.11. The van der Waals surface area contributed by atoms with Crippen LogP contribution < -0.4 is 0 Å². The molecular formula is CHNNaRu. The molecule has 0 N–H and O–H groups in total.